The van der Waals surface area contributed by atoms with Gasteiger partial charge in [0.2, 0.25) is 5.79 Å². The summed E-state index contributed by atoms with van der Waals surface area (Å²) < 4.78 is 48.2. The molecule has 12 heteroatoms. The first kappa shape index (κ1) is 51.3. The summed E-state index contributed by atoms with van der Waals surface area (Å²) in [6.45, 7) is 10.9. The summed E-state index contributed by atoms with van der Waals surface area (Å²) >= 11 is 0. The molecule has 71 heavy (non-hydrogen) atoms. The Bertz CT molecular complexity index is 2630. The van der Waals surface area contributed by atoms with Gasteiger partial charge in [-0.15, -0.1) is 6.58 Å². The SMILES string of the molecule is C=CCOC12Oc3ccc(OCc4ccccc4F)cc3C3C(CCCCO)C(CCCCO)C=C(C(=NOC(C)(C)C)CC1N(Cc1cccc4ccccc14)C(=O)OCCOCc1ccccc1)C32. The van der Waals surface area contributed by atoms with Gasteiger partial charge < -0.3 is 38.7 Å². The second-order valence-corrected chi connectivity index (χ2v) is 19.8. The normalized spacial score (nSPS) is 21.9. The van der Waals surface area contributed by atoms with E-state index < -0.39 is 29.4 Å². The zero-order valence-corrected chi connectivity index (χ0v) is 41.3. The number of carbonyl (C=O) groups is 1. The van der Waals surface area contributed by atoms with Gasteiger partial charge in [-0.3, -0.25) is 4.90 Å². The van der Waals surface area contributed by atoms with Gasteiger partial charge in [0.25, 0.3) is 0 Å². The van der Waals surface area contributed by atoms with Gasteiger partial charge in [-0.1, -0.05) is 121 Å². The molecule has 376 valence electrons. The van der Waals surface area contributed by atoms with Crippen LogP contribution in [0, 0.1) is 23.6 Å². The summed E-state index contributed by atoms with van der Waals surface area (Å²) in [6.07, 6.45) is 8.00. The number of allylic oxidation sites excluding steroid dienone is 1. The van der Waals surface area contributed by atoms with Gasteiger partial charge in [0.1, 0.15) is 42.2 Å². The van der Waals surface area contributed by atoms with E-state index in [2.05, 4.69) is 30.9 Å². The van der Waals surface area contributed by atoms with Crippen LogP contribution in [0.15, 0.2) is 145 Å². The van der Waals surface area contributed by atoms with Gasteiger partial charge in [-0.25, -0.2) is 9.18 Å². The van der Waals surface area contributed by atoms with E-state index in [4.69, 9.17) is 33.7 Å². The molecule has 0 bridgehead atoms. The minimum atomic E-state index is -1.54. The fourth-order valence-electron chi connectivity index (χ4n) is 10.7. The van der Waals surface area contributed by atoms with Crippen molar-refractivity contribution in [1.29, 1.82) is 0 Å². The lowest BCUT2D eigenvalue weighted by Crippen LogP contribution is -2.70. The Morgan fingerprint density at radius 1 is 0.873 bits per heavy atom. The quantitative estimate of drug-likeness (QED) is 0.0373. The standard InChI is InChI=1S/C59H69FN2O9/c1-5-32-69-59-54(62(38-44-24-17-23-42-20-9-11-25-47(42)44)57(65)67-34-33-66-39-41-18-7-6-8-19-41)37-52(61-71-58(2,3)4)49-35-43(21-13-15-30-63)48(26-14-16-31-64)55(56(49)59)50-36-46(28-29-53(50)70-59)68-40-45-22-10-12-27-51(45)60/h5-12,17-20,22-25,27-29,35-36,43,48,54-56,63-64H,1,13-16,21,26,30-34,37-40H2,2-4H3. The lowest BCUT2D eigenvalue weighted by atomic mass is 9.55. The number of fused-ring (bicyclic) bond motifs is 3. The molecule has 11 nitrogen and oxygen atoms in total. The van der Waals surface area contributed by atoms with E-state index in [1.165, 1.54) is 6.07 Å². The molecule has 0 saturated heterocycles. The number of aliphatic hydroxyl groups excluding tert-OH is 2. The molecule has 2 N–H and O–H groups in total. The van der Waals surface area contributed by atoms with Crippen LogP contribution in [-0.4, -0.2) is 77.4 Å². The maximum atomic E-state index is 15.3. The third kappa shape index (κ3) is 12.2. The van der Waals surface area contributed by atoms with Crippen molar-refractivity contribution in [2.24, 2.45) is 22.9 Å². The number of amides is 1. The molecule has 0 spiro atoms. The van der Waals surface area contributed by atoms with Crippen molar-refractivity contribution in [1.82, 2.24) is 4.90 Å². The first-order valence-corrected chi connectivity index (χ1v) is 25.2. The molecule has 8 rings (SSSR count). The van der Waals surface area contributed by atoms with Crippen molar-refractivity contribution < 1.29 is 47.9 Å². The molecule has 0 radical (unpaired) electrons. The molecule has 6 atom stereocenters. The third-order valence-electron chi connectivity index (χ3n) is 13.8. The van der Waals surface area contributed by atoms with Gasteiger partial charge in [-0.2, -0.15) is 0 Å². The molecule has 1 aliphatic heterocycles. The van der Waals surface area contributed by atoms with Gasteiger partial charge >= 0.3 is 6.09 Å². The zero-order chi connectivity index (χ0) is 49.8. The van der Waals surface area contributed by atoms with Crippen molar-refractivity contribution in [2.45, 2.75) is 109 Å². The van der Waals surface area contributed by atoms with E-state index in [0.29, 0.717) is 42.2 Å². The number of aliphatic hydroxyl groups is 2. The van der Waals surface area contributed by atoms with Gasteiger partial charge in [0.15, 0.2) is 0 Å². The monoisotopic (exact) mass is 968 g/mol. The molecular formula is C59H69FN2O9. The van der Waals surface area contributed by atoms with Crippen molar-refractivity contribution in [3.05, 3.63) is 168 Å². The molecule has 2 aliphatic carbocycles. The van der Waals surface area contributed by atoms with E-state index in [-0.39, 0.29) is 76.2 Å². The molecular weight excluding hydrogens is 900 g/mol. The Kier molecular flexibility index (Phi) is 17.3. The highest BCUT2D eigenvalue weighted by molar-refractivity contribution is 6.03. The number of oxime groups is 1. The Balaban J connectivity index is 1.29. The van der Waals surface area contributed by atoms with Crippen LogP contribution in [0.5, 0.6) is 11.5 Å². The fraction of sp³-hybridized carbons (Fsp3) is 0.424. The molecule has 3 aliphatic rings. The van der Waals surface area contributed by atoms with E-state index in [0.717, 1.165) is 58.7 Å². The van der Waals surface area contributed by atoms with Crippen LogP contribution in [0.25, 0.3) is 10.8 Å². The largest absolute Gasteiger partial charge is 0.489 e. The average Bonchev–Trinajstić information content (AvgIpc) is 3.37. The van der Waals surface area contributed by atoms with Crippen LogP contribution in [0.1, 0.15) is 93.9 Å². The van der Waals surface area contributed by atoms with E-state index in [1.54, 1.807) is 29.2 Å². The molecule has 1 saturated carbocycles. The van der Waals surface area contributed by atoms with E-state index in [9.17, 15) is 14.6 Å². The number of hydrogen-bond donors (Lipinski definition) is 2. The van der Waals surface area contributed by atoms with Crippen molar-refractivity contribution in [3.63, 3.8) is 0 Å². The Morgan fingerprint density at radius 3 is 2.38 bits per heavy atom. The molecule has 1 amide bonds. The highest BCUT2D eigenvalue weighted by Crippen LogP contribution is 2.62. The predicted octanol–water partition coefficient (Wildman–Crippen LogP) is 11.8. The highest BCUT2D eigenvalue weighted by Gasteiger charge is 2.66. The number of carbonyl (C=O) groups excluding carboxylic acids is 1. The van der Waals surface area contributed by atoms with E-state index in [1.807, 2.05) is 93.6 Å². The average molecular weight is 969 g/mol. The van der Waals surface area contributed by atoms with Crippen molar-refractivity contribution >= 4 is 22.6 Å². The topological polar surface area (TPSA) is 129 Å². The van der Waals surface area contributed by atoms with Gasteiger partial charge in [0.05, 0.1) is 38.0 Å². The van der Waals surface area contributed by atoms with Crippen molar-refractivity contribution in [2.75, 3.05) is 33.0 Å². The van der Waals surface area contributed by atoms with Crippen LogP contribution >= 0.6 is 0 Å². The summed E-state index contributed by atoms with van der Waals surface area (Å²) in [4.78, 5) is 23.4. The number of nitrogens with zero attached hydrogens (tertiary/aromatic N) is 2. The summed E-state index contributed by atoms with van der Waals surface area (Å²) in [6, 6.07) is 35.5. The summed E-state index contributed by atoms with van der Waals surface area (Å²) in [5, 5.41) is 27.1. The summed E-state index contributed by atoms with van der Waals surface area (Å²) in [5.74, 6) is -1.64. The molecule has 6 unspecified atom stereocenters. The number of ether oxygens (including phenoxy) is 5. The fourth-order valence-corrected chi connectivity index (χ4v) is 10.7. The Hall–Kier alpha value is -6.05. The second-order valence-electron chi connectivity index (χ2n) is 19.8. The first-order chi connectivity index (χ1) is 34.5. The van der Waals surface area contributed by atoms with Gasteiger partial charge in [0, 0.05) is 36.7 Å². The van der Waals surface area contributed by atoms with Crippen LogP contribution in [0.2, 0.25) is 0 Å². The highest BCUT2D eigenvalue weighted by atomic mass is 19.1. The second kappa shape index (κ2) is 23.9. The van der Waals surface area contributed by atoms with Crippen LogP contribution in [0.4, 0.5) is 9.18 Å². The summed E-state index contributed by atoms with van der Waals surface area (Å²) in [7, 11) is 0. The Labute approximate surface area is 417 Å². The van der Waals surface area contributed by atoms with Crippen LogP contribution in [-0.2, 0) is 38.8 Å². The lowest BCUT2D eigenvalue weighted by molar-refractivity contribution is -0.256. The number of unbranched alkanes of at least 4 members (excludes halogenated alkanes) is 2. The van der Waals surface area contributed by atoms with Gasteiger partial charge in [-0.05, 0) is 110 Å². The first-order valence-electron chi connectivity index (χ1n) is 25.2. The molecule has 1 fully saturated rings. The minimum absolute atomic E-state index is 0.00196. The summed E-state index contributed by atoms with van der Waals surface area (Å²) in [5.41, 5.74) is 4.16. The zero-order valence-electron chi connectivity index (χ0n) is 41.3. The molecule has 5 aromatic rings. The maximum absolute atomic E-state index is 15.3. The smallest absolute Gasteiger partial charge is 0.410 e. The number of hydrogen-bond acceptors (Lipinski definition) is 10. The third-order valence-corrected chi connectivity index (χ3v) is 13.8. The van der Waals surface area contributed by atoms with Crippen LogP contribution < -0.4 is 9.47 Å². The maximum Gasteiger partial charge on any atom is 0.410 e. The number of rotatable bonds is 23. The number of halogens is 1. The van der Waals surface area contributed by atoms with E-state index >= 15 is 4.79 Å². The molecule has 5 aromatic carbocycles. The Morgan fingerprint density at radius 2 is 1.61 bits per heavy atom. The minimum Gasteiger partial charge on any atom is -0.489 e. The predicted molar refractivity (Wildman–Crippen MR) is 273 cm³/mol. The molecule has 1 heterocycles. The number of benzene rings is 5. The molecule has 0 aromatic heterocycles. The van der Waals surface area contributed by atoms with Crippen molar-refractivity contribution in [3.8, 4) is 11.5 Å². The van der Waals surface area contributed by atoms with Crippen LogP contribution in [0.3, 0.4) is 0 Å². The lowest BCUT2D eigenvalue weighted by Gasteiger charge is -2.60.